The van der Waals surface area contributed by atoms with Crippen LogP contribution in [0.1, 0.15) is 69.9 Å². The molecule has 2 heteroatoms. The molecule has 0 aromatic heterocycles. The minimum absolute atomic E-state index is 0.274. The lowest BCUT2D eigenvalue weighted by Crippen LogP contribution is -2.22. The van der Waals surface area contributed by atoms with Gasteiger partial charge in [-0.2, -0.15) is 0 Å². The first-order chi connectivity index (χ1) is 9.58. The van der Waals surface area contributed by atoms with Gasteiger partial charge in [-0.25, -0.2) is 0 Å². The molecule has 1 N–H and O–H groups in total. The van der Waals surface area contributed by atoms with Gasteiger partial charge >= 0.3 is 0 Å². The third kappa shape index (κ3) is 3.59. The Morgan fingerprint density at radius 1 is 1.30 bits per heavy atom. The highest BCUT2D eigenvalue weighted by atomic mass is 32.2. The van der Waals surface area contributed by atoms with Crippen molar-refractivity contribution >= 4 is 11.8 Å². The molecule has 1 aliphatic heterocycles. The smallest absolute Gasteiger partial charge is 0.0499 e. The second kappa shape index (κ2) is 7.00. The zero-order valence-electron chi connectivity index (χ0n) is 13.1. The van der Waals surface area contributed by atoms with Gasteiger partial charge in [0.25, 0.3) is 0 Å². The Morgan fingerprint density at radius 3 is 2.80 bits per heavy atom. The SMILES string of the molecule is CCCCCC(CO)c1ccc2c(c1)SCCC2(C)C. The van der Waals surface area contributed by atoms with Crippen LogP contribution < -0.4 is 0 Å². The van der Waals surface area contributed by atoms with E-state index in [0.29, 0.717) is 11.3 Å². The molecule has 1 atom stereocenters. The fourth-order valence-electron chi connectivity index (χ4n) is 3.03. The Labute approximate surface area is 128 Å². The highest BCUT2D eigenvalue weighted by Crippen LogP contribution is 2.42. The first-order valence-electron chi connectivity index (χ1n) is 7.96. The van der Waals surface area contributed by atoms with Crippen LogP contribution in [0.3, 0.4) is 0 Å². The monoisotopic (exact) mass is 292 g/mol. The van der Waals surface area contributed by atoms with E-state index in [1.54, 1.807) is 0 Å². The lowest BCUT2D eigenvalue weighted by Gasteiger charge is -2.32. The lowest BCUT2D eigenvalue weighted by atomic mass is 9.80. The van der Waals surface area contributed by atoms with Gasteiger partial charge in [-0.15, -0.1) is 11.8 Å². The lowest BCUT2D eigenvalue weighted by molar-refractivity contribution is 0.256. The van der Waals surface area contributed by atoms with Crippen molar-refractivity contribution in [3.05, 3.63) is 29.3 Å². The largest absolute Gasteiger partial charge is 0.396 e. The van der Waals surface area contributed by atoms with Crippen molar-refractivity contribution in [1.29, 1.82) is 0 Å². The van der Waals surface area contributed by atoms with Gasteiger partial charge in [-0.05, 0) is 41.2 Å². The third-order valence-electron chi connectivity index (χ3n) is 4.57. The maximum atomic E-state index is 9.68. The number of hydrogen-bond acceptors (Lipinski definition) is 2. The van der Waals surface area contributed by atoms with E-state index in [4.69, 9.17) is 0 Å². The number of benzene rings is 1. The summed E-state index contributed by atoms with van der Waals surface area (Å²) >= 11 is 1.98. The summed E-state index contributed by atoms with van der Waals surface area (Å²) in [7, 11) is 0. The topological polar surface area (TPSA) is 20.2 Å². The Morgan fingerprint density at radius 2 is 2.10 bits per heavy atom. The molecule has 0 saturated heterocycles. The molecule has 0 radical (unpaired) electrons. The van der Waals surface area contributed by atoms with Crippen LogP contribution in [0.2, 0.25) is 0 Å². The number of aliphatic hydroxyl groups is 1. The molecule has 1 aliphatic rings. The summed E-state index contributed by atoms with van der Waals surface area (Å²) in [6.45, 7) is 7.19. The molecule has 1 nitrogen and oxygen atoms in total. The van der Waals surface area contributed by atoms with E-state index in [9.17, 15) is 5.11 Å². The van der Waals surface area contributed by atoms with E-state index in [0.717, 1.165) is 6.42 Å². The summed E-state index contributed by atoms with van der Waals surface area (Å²) in [5.74, 6) is 1.53. The summed E-state index contributed by atoms with van der Waals surface area (Å²) < 4.78 is 0. The maximum absolute atomic E-state index is 9.68. The second-order valence-electron chi connectivity index (χ2n) is 6.61. The van der Waals surface area contributed by atoms with Crippen molar-refractivity contribution in [2.75, 3.05) is 12.4 Å². The minimum Gasteiger partial charge on any atom is -0.396 e. The van der Waals surface area contributed by atoms with Gasteiger partial charge < -0.3 is 5.11 Å². The standard InChI is InChI=1S/C18H28OS/c1-4-5-6-7-15(13-19)14-8-9-16-17(12-14)20-11-10-18(16,2)3/h8-9,12,15,19H,4-7,10-11,13H2,1-3H3. The normalized spacial score (nSPS) is 18.6. The predicted molar refractivity (Wildman–Crippen MR) is 88.8 cm³/mol. The molecule has 0 spiro atoms. The van der Waals surface area contributed by atoms with Crippen molar-refractivity contribution in [3.63, 3.8) is 0 Å². The number of hydrogen-bond donors (Lipinski definition) is 1. The highest BCUT2D eigenvalue weighted by Gasteiger charge is 2.28. The van der Waals surface area contributed by atoms with Crippen LogP contribution in [0, 0.1) is 0 Å². The average molecular weight is 292 g/mol. The van der Waals surface area contributed by atoms with Crippen LogP contribution in [0.5, 0.6) is 0 Å². The van der Waals surface area contributed by atoms with Gasteiger partial charge in [-0.3, -0.25) is 0 Å². The zero-order chi connectivity index (χ0) is 14.6. The molecule has 0 bridgehead atoms. The molecule has 0 saturated carbocycles. The summed E-state index contributed by atoms with van der Waals surface area (Å²) in [5.41, 5.74) is 3.12. The van der Waals surface area contributed by atoms with E-state index in [1.807, 2.05) is 11.8 Å². The van der Waals surface area contributed by atoms with Gasteiger partial charge in [-0.1, -0.05) is 52.2 Å². The Balaban J connectivity index is 2.17. The molecule has 2 rings (SSSR count). The van der Waals surface area contributed by atoms with Crippen LogP contribution in [0.4, 0.5) is 0 Å². The van der Waals surface area contributed by atoms with Crippen molar-refractivity contribution in [1.82, 2.24) is 0 Å². The van der Waals surface area contributed by atoms with E-state index in [-0.39, 0.29) is 6.61 Å². The van der Waals surface area contributed by atoms with Gasteiger partial charge in [0.1, 0.15) is 0 Å². The maximum Gasteiger partial charge on any atom is 0.0499 e. The first-order valence-corrected chi connectivity index (χ1v) is 8.95. The Hall–Kier alpha value is -0.470. The quantitative estimate of drug-likeness (QED) is 0.735. The van der Waals surface area contributed by atoms with Crippen LogP contribution in [0.25, 0.3) is 0 Å². The molecule has 1 heterocycles. The minimum atomic E-state index is 0.274. The van der Waals surface area contributed by atoms with Gasteiger partial charge in [0.05, 0.1) is 0 Å². The average Bonchev–Trinajstić information content (AvgIpc) is 2.43. The molecule has 20 heavy (non-hydrogen) atoms. The van der Waals surface area contributed by atoms with E-state index < -0.39 is 0 Å². The predicted octanol–water partition coefficient (Wildman–Crippen LogP) is 5.12. The van der Waals surface area contributed by atoms with E-state index in [2.05, 4.69) is 39.0 Å². The molecular formula is C18H28OS. The number of thioether (sulfide) groups is 1. The number of unbranched alkanes of at least 4 members (excludes halogenated alkanes) is 2. The van der Waals surface area contributed by atoms with Crippen molar-refractivity contribution in [2.24, 2.45) is 0 Å². The van der Waals surface area contributed by atoms with Crippen molar-refractivity contribution in [3.8, 4) is 0 Å². The van der Waals surface area contributed by atoms with E-state index in [1.165, 1.54) is 47.5 Å². The fraction of sp³-hybridized carbons (Fsp3) is 0.667. The molecule has 0 amide bonds. The molecular weight excluding hydrogens is 264 g/mol. The van der Waals surface area contributed by atoms with Crippen LogP contribution in [0.15, 0.2) is 23.1 Å². The van der Waals surface area contributed by atoms with Gasteiger partial charge in [0, 0.05) is 17.4 Å². The molecule has 0 fully saturated rings. The second-order valence-corrected chi connectivity index (χ2v) is 7.75. The Kier molecular flexibility index (Phi) is 5.57. The van der Waals surface area contributed by atoms with Crippen LogP contribution in [-0.2, 0) is 5.41 Å². The Bertz CT molecular complexity index is 439. The summed E-state index contributed by atoms with van der Waals surface area (Å²) in [6, 6.07) is 6.90. The fourth-order valence-corrected chi connectivity index (χ4v) is 4.58. The molecule has 1 aromatic rings. The van der Waals surface area contributed by atoms with Crippen molar-refractivity contribution < 1.29 is 5.11 Å². The molecule has 0 aliphatic carbocycles. The van der Waals surface area contributed by atoms with Crippen molar-refractivity contribution in [2.45, 2.75) is 69.1 Å². The molecule has 1 aromatic carbocycles. The van der Waals surface area contributed by atoms with E-state index >= 15 is 0 Å². The summed E-state index contributed by atoms with van der Waals surface area (Å²) in [4.78, 5) is 1.44. The van der Waals surface area contributed by atoms with Gasteiger partial charge in [0.15, 0.2) is 0 Å². The van der Waals surface area contributed by atoms with Gasteiger partial charge in [0.2, 0.25) is 0 Å². The number of aliphatic hydroxyl groups excluding tert-OH is 1. The number of rotatable bonds is 6. The first kappa shape index (κ1) is 15.9. The van der Waals surface area contributed by atoms with Crippen LogP contribution >= 0.6 is 11.8 Å². The number of fused-ring (bicyclic) bond motifs is 1. The zero-order valence-corrected chi connectivity index (χ0v) is 13.9. The molecule has 1 unspecified atom stereocenters. The van der Waals surface area contributed by atoms with Crippen LogP contribution in [-0.4, -0.2) is 17.5 Å². The summed E-state index contributed by atoms with van der Waals surface area (Å²) in [6.07, 6.45) is 6.09. The third-order valence-corrected chi connectivity index (χ3v) is 5.62. The molecule has 112 valence electrons. The highest BCUT2D eigenvalue weighted by molar-refractivity contribution is 7.99. The summed E-state index contributed by atoms with van der Waals surface area (Å²) in [5, 5.41) is 9.68.